The highest BCUT2D eigenvalue weighted by Gasteiger charge is 2.19. The summed E-state index contributed by atoms with van der Waals surface area (Å²) in [6, 6.07) is 7.93. The average Bonchev–Trinajstić information content (AvgIpc) is 2.83. The Labute approximate surface area is 100 Å². The third kappa shape index (κ3) is 1.80. The Kier molecular flexibility index (Phi) is 2.56. The zero-order chi connectivity index (χ0) is 11.7. The lowest BCUT2D eigenvalue weighted by Gasteiger charge is -2.18. The summed E-state index contributed by atoms with van der Waals surface area (Å²) < 4.78 is 0. The number of aromatic amines is 1. The zero-order valence-corrected chi connectivity index (χ0v) is 9.74. The van der Waals surface area contributed by atoms with Crippen molar-refractivity contribution in [3.05, 3.63) is 29.6 Å². The molecule has 0 amide bonds. The molecule has 1 aliphatic rings. The highest BCUT2D eigenvalue weighted by Crippen LogP contribution is 2.32. The lowest BCUT2D eigenvalue weighted by molar-refractivity contribution is 0.431. The number of imidazole rings is 1. The molecule has 1 aromatic carbocycles. The van der Waals surface area contributed by atoms with Crippen LogP contribution in [-0.4, -0.2) is 9.97 Å². The summed E-state index contributed by atoms with van der Waals surface area (Å²) in [6.07, 6.45) is 6.39. The first-order valence-corrected chi connectivity index (χ1v) is 6.27. The van der Waals surface area contributed by atoms with Gasteiger partial charge in [-0.05, 0) is 25.0 Å². The van der Waals surface area contributed by atoms with Crippen molar-refractivity contribution in [1.29, 1.82) is 5.26 Å². The fourth-order valence-corrected chi connectivity index (χ4v) is 2.71. The van der Waals surface area contributed by atoms with Gasteiger partial charge in [-0.15, -0.1) is 0 Å². The van der Waals surface area contributed by atoms with Gasteiger partial charge in [0.25, 0.3) is 0 Å². The van der Waals surface area contributed by atoms with Crippen LogP contribution in [0.2, 0.25) is 0 Å². The molecule has 0 aliphatic heterocycles. The van der Waals surface area contributed by atoms with Crippen LogP contribution >= 0.6 is 0 Å². The van der Waals surface area contributed by atoms with E-state index in [-0.39, 0.29) is 0 Å². The minimum atomic E-state index is 0.558. The SMILES string of the molecule is N#Cc1cccc2[nH]c(C3CCCCC3)nc12. The predicted molar refractivity (Wildman–Crippen MR) is 66.6 cm³/mol. The second-order valence-electron chi connectivity index (χ2n) is 4.77. The van der Waals surface area contributed by atoms with Gasteiger partial charge in [-0.2, -0.15) is 5.26 Å². The van der Waals surface area contributed by atoms with Gasteiger partial charge < -0.3 is 4.98 Å². The molecule has 1 heterocycles. The van der Waals surface area contributed by atoms with Gasteiger partial charge in [-0.1, -0.05) is 25.3 Å². The van der Waals surface area contributed by atoms with Crippen molar-refractivity contribution in [3.63, 3.8) is 0 Å². The first-order chi connectivity index (χ1) is 8.38. The van der Waals surface area contributed by atoms with Crippen molar-refractivity contribution >= 4 is 11.0 Å². The highest BCUT2D eigenvalue weighted by atomic mass is 14.9. The minimum Gasteiger partial charge on any atom is -0.342 e. The van der Waals surface area contributed by atoms with Gasteiger partial charge in [0.2, 0.25) is 0 Å². The van der Waals surface area contributed by atoms with Crippen molar-refractivity contribution < 1.29 is 0 Å². The van der Waals surface area contributed by atoms with Crippen molar-refractivity contribution in [1.82, 2.24) is 9.97 Å². The summed E-state index contributed by atoms with van der Waals surface area (Å²) in [7, 11) is 0. The Morgan fingerprint density at radius 2 is 2.06 bits per heavy atom. The maximum Gasteiger partial charge on any atom is 0.110 e. The lowest BCUT2D eigenvalue weighted by Crippen LogP contribution is -2.05. The van der Waals surface area contributed by atoms with Crippen LogP contribution in [-0.2, 0) is 0 Å². The molecule has 3 nitrogen and oxygen atoms in total. The first-order valence-electron chi connectivity index (χ1n) is 6.27. The minimum absolute atomic E-state index is 0.558. The van der Waals surface area contributed by atoms with E-state index in [1.807, 2.05) is 18.2 Å². The molecule has 0 radical (unpaired) electrons. The number of nitrogens with zero attached hydrogens (tertiary/aromatic N) is 2. The van der Waals surface area contributed by atoms with E-state index in [4.69, 9.17) is 5.26 Å². The summed E-state index contributed by atoms with van der Waals surface area (Å²) >= 11 is 0. The van der Waals surface area contributed by atoms with Gasteiger partial charge in [-0.3, -0.25) is 0 Å². The summed E-state index contributed by atoms with van der Waals surface area (Å²) in [4.78, 5) is 8.01. The number of benzene rings is 1. The van der Waals surface area contributed by atoms with Crippen LogP contribution in [0, 0.1) is 11.3 Å². The molecule has 1 aliphatic carbocycles. The lowest BCUT2D eigenvalue weighted by atomic mass is 9.89. The summed E-state index contributed by atoms with van der Waals surface area (Å²) in [5, 5.41) is 9.05. The van der Waals surface area contributed by atoms with Crippen LogP contribution in [0.15, 0.2) is 18.2 Å². The Morgan fingerprint density at radius 3 is 2.82 bits per heavy atom. The van der Waals surface area contributed by atoms with Crippen LogP contribution in [0.3, 0.4) is 0 Å². The first kappa shape index (κ1) is 10.3. The Bertz CT molecular complexity index is 571. The fourth-order valence-electron chi connectivity index (χ4n) is 2.71. The fraction of sp³-hybridized carbons (Fsp3) is 0.429. The van der Waals surface area contributed by atoms with Gasteiger partial charge in [-0.25, -0.2) is 4.98 Å². The van der Waals surface area contributed by atoms with E-state index < -0.39 is 0 Å². The van der Waals surface area contributed by atoms with E-state index in [1.165, 1.54) is 32.1 Å². The number of hydrogen-bond acceptors (Lipinski definition) is 2. The van der Waals surface area contributed by atoms with Gasteiger partial charge in [0.1, 0.15) is 17.4 Å². The van der Waals surface area contributed by atoms with E-state index in [9.17, 15) is 0 Å². The standard InChI is InChI=1S/C14H15N3/c15-9-11-7-4-8-12-13(11)17-14(16-12)10-5-2-1-3-6-10/h4,7-8,10H,1-3,5-6H2,(H,16,17). The summed E-state index contributed by atoms with van der Waals surface area (Å²) in [5.41, 5.74) is 2.49. The number of hydrogen-bond donors (Lipinski definition) is 1. The molecule has 3 heteroatoms. The quantitative estimate of drug-likeness (QED) is 0.807. The normalized spacial score (nSPS) is 17.1. The average molecular weight is 225 g/mol. The Morgan fingerprint density at radius 1 is 1.24 bits per heavy atom. The van der Waals surface area contributed by atoms with Crippen molar-refractivity contribution in [2.45, 2.75) is 38.0 Å². The summed E-state index contributed by atoms with van der Waals surface area (Å²) in [6.45, 7) is 0. The molecule has 1 N–H and O–H groups in total. The van der Waals surface area contributed by atoms with Crippen LogP contribution in [0.1, 0.15) is 49.4 Å². The van der Waals surface area contributed by atoms with E-state index in [1.54, 1.807) is 0 Å². The molecule has 2 aromatic rings. The number of nitriles is 1. The van der Waals surface area contributed by atoms with Crippen LogP contribution < -0.4 is 0 Å². The molecule has 0 saturated heterocycles. The molecule has 86 valence electrons. The molecule has 17 heavy (non-hydrogen) atoms. The van der Waals surface area contributed by atoms with E-state index >= 15 is 0 Å². The molecule has 3 rings (SSSR count). The highest BCUT2D eigenvalue weighted by molar-refractivity contribution is 5.81. The zero-order valence-electron chi connectivity index (χ0n) is 9.74. The predicted octanol–water partition coefficient (Wildman–Crippen LogP) is 3.48. The molecular weight excluding hydrogens is 210 g/mol. The Hall–Kier alpha value is -1.82. The number of para-hydroxylation sites is 1. The van der Waals surface area contributed by atoms with Crippen molar-refractivity contribution in [2.75, 3.05) is 0 Å². The Balaban J connectivity index is 2.04. The van der Waals surface area contributed by atoms with E-state index in [2.05, 4.69) is 16.0 Å². The monoisotopic (exact) mass is 225 g/mol. The van der Waals surface area contributed by atoms with Gasteiger partial charge in [0, 0.05) is 5.92 Å². The van der Waals surface area contributed by atoms with Crippen molar-refractivity contribution in [3.8, 4) is 6.07 Å². The number of H-pyrrole nitrogens is 1. The van der Waals surface area contributed by atoms with Crippen LogP contribution in [0.4, 0.5) is 0 Å². The molecule has 0 unspecified atom stereocenters. The molecule has 0 bridgehead atoms. The van der Waals surface area contributed by atoms with E-state index in [0.717, 1.165) is 16.9 Å². The molecule has 1 fully saturated rings. The molecule has 1 saturated carbocycles. The number of aromatic nitrogens is 2. The maximum atomic E-state index is 9.05. The molecular formula is C14H15N3. The van der Waals surface area contributed by atoms with Crippen LogP contribution in [0.25, 0.3) is 11.0 Å². The second-order valence-corrected chi connectivity index (χ2v) is 4.77. The molecule has 0 atom stereocenters. The van der Waals surface area contributed by atoms with Crippen LogP contribution in [0.5, 0.6) is 0 Å². The van der Waals surface area contributed by atoms with Crippen molar-refractivity contribution in [2.24, 2.45) is 0 Å². The second kappa shape index (κ2) is 4.21. The number of nitrogens with one attached hydrogen (secondary N) is 1. The molecule has 1 aromatic heterocycles. The number of fused-ring (bicyclic) bond motifs is 1. The largest absolute Gasteiger partial charge is 0.342 e. The molecule has 0 spiro atoms. The van der Waals surface area contributed by atoms with Gasteiger partial charge in [0.15, 0.2) is 0 Å². The van der Waals surface area contributed by atoms with E-state index in [0.29, 0.717) is 11.5 Å². The maximum absolute atomic E-state index is 9.05. The third-order valence-electron chi connectivity index (χ3n) is 3.64. The number of rotatable bonds is 1. The smallest absolute Gasteiger partial charge is 0.110 e. The third-order valence-corrected chi connectivity index (χ3v) is 3.64. The van der Waals surface area contributed by atoms with Gasteiger partial charge >= 0.3 is 0 Å². The topological polar surface area (TPSA) is 52.5 Å². The van der Waals surface area contributed by atoms with Gasteiger partial charge in [0.05, 0.1) is 11.1 Å². The summed E-state index contributed by atoms with van der Waals surface area (Å²) in [5.74, 6) is 1.63.